The molecule has 0 bridgehead atoms. The Morgan fingerprint density at radius 1 is 0.526 bits per heavy atom. The number of rotatable bonds is 6. The normalized spacial score (nSPS) is 14.2. The van der Waals surface area contributed by atoms with Crippen LogP contribution in [0.2, 0.25) is 0 Å². The number of amidine groups is 2. The standard InChI is InChI=1S/C52H36N4S/c1-33-39(30-31-45-47(33)41-24-11-12-28-44(41)56(45)38-22-9-4-10-23-38)40-25-15-29-46-48(40)42-26-14-27-43(49(42)57-46)52-54-50(35-18-7-3-8-19-35)53-51(55-52)37-21-13-20-36(32-37)34-16-5-2-6-17-34/h2-32,51H,1H3,(H,53,54,55). The number of aryl methyl sites for hydroxylation is 1. The van der Waals surface area contributed by atoms with Crippen LogP contribution < -0.4 is 5.32 Å². The molecule has 4 nitrogen and oxygen atoms in total. The maximum Gasteiger partial charge on any atom is 0.160 e. The lowest BCUT2D eigenvalue weighted by atomic mass is 9.93. The lowest BCUT2D eigenvalue weighted by molar-refractivity contribution is 0.674. The molecule has 11 rings (SSSR count). The molecule has 3 heterocycles. The molecule has 5 heteroatoms. The number of aliphatic imine (C=N–C) groups is 2. The van der Waals surface area contributed by atoms with Crippen LogP contribution in [0.4, 0.5) is 0 Å². The van der Waals surface area contributed by atoms with Gasteiger partial charge in [0.2, 0.25) is 0 Å². The van der Waals surface area contributed by atoms with Gasteiger partial charge in [0.15, 0.2) is 5.84 Å². The van der Waals surface area contributed by atoms with Crippen LogP contribution in [0.1, 0.15) is 28.4 Å². The van der Waals surface area contributed by atoms with E-state index < -0.39 is 0 Å². The Kier molecular flexibility index (Phi) is 7.93. The van der Waals surface area contributed by atoms with E-state index in [-0.39, 0.29) is 6.17 Å². The van der Waals surface area contributed by atoms with Gasteiger partial charge in [-0.1, -0.05) is 146 Å². The van der Waals surface area contributed by atoms with Crippen LogP contribution in [-0.2, 0) is 0 Å². The Balaban J connectivity index is 1.08. The number of fused-ring (bicyclic) bond motifs is 6. The Morgan fingerprint density at radius 2 is 1.19 bits per heavy atom. The first kappa shape index (κ1) is 33.3. The molecule has 10 aromatic rings. The van der Waals surface area contributed by atoms with Crippen LogP contribution in [-0.4, -0.2) is 16.2 Å². The van der Waals surface area contributed by atoms with Gasteiger partial charge in [-0.2, -0.15) is 0 Å². The Bertz CT molecular complexity index is 3210. The number of aromatic nitrogens is 1. The summed E-state index contributed by atoms with van der Waals surface area (Å²) in [5, 5.41) is 8.72. The molecule has 2 aromatic heterocycles. The number of hydrogen-bond acceptors (Lipinski definition) is 4. The molecule has 8 aromatic carbocycles. The van der Waals surface area contributed by atoms with E-state index in [1.807, 2.05) is 17.4 Å². The van der Waals surface area contributed by atoms with Gasteiger partial charge in [0.05, 0.1) is 11.0 Å². The van der Waals surface area contributed by atoms with Crippen molar-refractivity contribution in [1.82, 2.24) is 9.88 Å². The highest BCUT2D eigenvalue weighted by molar-refractivity contribution is 7.26. The molecular formula is C52H36N4S. The minimum atomic E-state index is -0.316. The molecule has 270 valence electrons. The molecule has 0 saturated heterocycles. The van der Waals surface area contributed by atoms with Crippen LogP contribution in [0.5, 0.6) is 0 Å². The van der Waals surface area contributed by atoms with Gasteiger partial charge in [-0.15, -0.1) is 11.3 Å². The Labute approximate surface area is 334 Å². The van der Waals surface area contributed by atoms with E-state index in [4.69, 9.17) is 9.98 Å². The lowest BCUT2D eigenvalue weighted by Gasteiger charge is -2.24. The Morgan fingerprint density at radius 3 is 2.02 bits per heavy atom. The molecule has 0 saturated carbocycles. The number of nitrogens with one attached hydrogen (secondary N) is 1. The monoisotopic (exact) mass is 748 g/mol. The van der Waals surface area contributed by atoms with Crippen molar-refractivity contribution in [2.75, 3.05) is 0 Å². The first-order valence-corrected chi connectivity index (χ1v) is 20.2. The second kappa shape index (κ2) is 13.6. The zero-order valence-corrected chi connectivity index (χ0v) is 32.0. The summed E-state index contributed by atoms with van der Waals surface area (Å²) in [6.45, 7) is 2.29. The van der Waals surface area contributed by atoms with Crippen LogP contribution in [0.15, 0.2) is 198 Å². The van der Waals surface area contributed by atoms with E-state index in [0.717, 1.165) is 33.9 Å². The van der Waals surface area contributed by atoms with Gasteiger partial charge < -0.3 is 9.88 Å². The SMILES string of the molecule is Cc1c(-c2cccc3sc4c(C5=NC(c6cccc(-c7ccccc7)c6)NC(c6ccccc6)=N5)cccc4c23)ccc2c1c1ccccc1n2-c1ccccc1. The quantitative estimate of drug-likeness (QED) is 0.181. The number of benzene rings is 8. The second-order valence-electron chi connectivity index (χ2n) is 14.6. The van der Waals surface area contributed by atoms with Crippen molar-refractivity contribution in [3.8, 4) is 27.9 Å². The summed E-state index contributed by atoms with van der Waals surface area (Å²) in [6, 6.07) is 67.0. The Hall–Kier alpha value is -7.08. The zero-order chi connectivity index (χ0) is 37.9. The molecule has 57 heavy (non-hydrogen) atoms. The van der Waals surface area contributed by atoms with Crippen LogP contribution >= 0.6 is 11.3 Å². The van der Waals surface area contributed by atoms with Gasteiger partial charge in [-0.05, 0) is 82.8 Å². The van der Waals surface area contributed by atoms with Crippen LogP contribution in [0.25, 0.3) is 69.9 Å². The topological polar surface area (TPSA) is 41.7 Å². The lowest BCUT2D eigenvalue weighted by Crippen LogP contribution is -2.33. The van der Waals surface area contributed by atoms with Crippen LogP contribution in [0.3, 0.4) is 0 Å². The van der Waals surface area contributed by atoms with Crippen molar-refractivity contribution in [2.24, 2.45) is 9.98 Å². The first-order chi connectivity index (χ1) is 28.2. The van der Waals surface area contributed by atoms with E-state index in [9.17, 15) is 0 Å². The van der Waals surface area contributed by atoms with Crippen molar-refractivity contribution in [1.29, 1.82) is 0 Å². The summed E-state index contributed by atoms with van der Waals surface area (Å²) in [6.07, 6.45) is -0.316. The number of thiophene rings is 1. The maximum atomic E-state index is 5.36. The minimum absolute atomic E-state index is 0.316. The van der Waals surface area contributed by atoms with Gasteiger partial charge in [0.25, 0.3) is 0 Å². The van der Waals surface area contributed by atoms with Gasteiger partial charge in [-0.25, -0.2) is 9.98 Å². The predicted molar refractivity (Wildman–Crippen MR) is 241 cm³/mol. The van der Waals surface area contributed by atoms with Gasteiger partial charge in [0, 0.05) is 47.8 Å². The molecule has 1 atom stereocenters. The molecule has 1 N–H and O–H groups in total. The predicted octanol–water partition coefficient (Wildman–Crippen LogP) is 13.3. The highest BCUT2D eigenvalue weighted by atomic mass is 32.1. The fourth-order valence-corrected chi connectivity index (χ4v) is 9.87. The third-order valence-electron chi connectivity index (χ3n) is 11.3. The average molecular weight is 749 g/mol. The summed E-state index contributed by atoms with van der Waals surface area (Å²) in [7, 11) is 0. The van der Waals surface area contributed by atoms with E-state index >= 15 is 0 Å². The van der Waals surface area contributed by atoms with E-state index in [1.54, 1.807) is 0 Å². The molecule has 0 spiro atoms. The number of nitrogens with zero attached hydrogens (tertiary/aromatic N) is 3. The summed E-state index contributed by atoms with van der Waals surface area (Å²) in [5.74, 6) is 1.54. The van der Waals surface area contributed by atoms with Crippen molar-refractivity contribution in [3.05, 3.63) is 210 Å². The third-order valence-corrected chi connectivity index (χ3v) is 12.5. The third kappa shape index (κ3) is 5.58. The number of hydrogen-bond donors (Lipinski definition) is 1. The van der Waals surface area contributed by atoms with Crippen LogP contribution in [0, 0.1) is 6.92 Å². The molecule has 0 radical (unpaired) electrons. The van der Waals surface area contributed by atoms with Crippen molar-refractivity contribution < 1.29 is 0 Å². The fourth-order valence-electron chi connectivity index (χ4n) is 8.63. The first-order valence-electron chi connectivity index (χ1n) is 19.4. The molecular weight excluding hydrogens is 713 g/mol. The van der Waals surface area contributed by atoms with Crippen molar-refractivity contribution >= 4 is 65.0 Å². The van der Waals surface area contributed by atoms with Gasteiger partial charge in [-0.3, -0.25) is 0 Å². The maximum absolute atomic E-state index is 5.36. The second-order valence-corrected chi connectivity index (χ2v) is 15.7. The summed E-state index contributed by atoms with van der Waals surface area (Å²) >= 11 is 1.82. The highest BCUT2D eigenvalue weighted by Gasteiger charge is 2.24. The zero-order valence-electron chi connectivity index (χ0n) is 31.2. The summed E-state index contributed by atoms with van der Waals surface area (Å²) in [4.78, 5) is 10.6. The van der Waals surface area contributed by atoms with Gasteiger partial charge in [0.1, 0.15) is 12.0 Å². The molecule has 0 aliphatic carbocycles. The van der Waals surface area contributed by atoms with E-state index in [0.29, 0.717) is 0 Å². The summed E-state index contributed by atoms with van der Waals surface area (Å²) in [5.41, 5.74) is 12.9. The van der Waals surface area contributed by atoms with E-state index in [2.05, 4.69) is 199 Å². The molecule has 0 fully saturated rings. The molecule has 0 amide bonds. The van der Waals surface area contributed by atoms with E-state index in [1.165, 1.54) is 69.9 Å². The number of para-hydroxylation sites is 2. The van der Waals surface area contributed by atoms with Gasteiger partial charge >= 0.3 is 0 Å². The molecule has 1 aliphatic heterocycles. The average Bonchev–Trinajstić information content (AvgIpc) is 3.84. The van der Waals surface area contributed by atoms with Crippen molar-refractivity contribution in [3.63, 3.8) is 0 Å². The molecule has 1 aliphatic rings. The highest BCUT2D eigenvalue weighted by Crippen LogP contribution is 2.45. The largest absolute Gasteiger partial charge is 0.344 e. The fraction of sp³-hybridized carbons (Fsp3) is 0.0385. The minimum Gasteiger partial charge on any atom is -0.344 e. The summed E-state index contributed by atoms with van der Waals surface area (Å²) < 4.78 is 4.83. The smallest absolute Gasteiger partial charge is 0.160 e. The van der Waals surface area contributed by atoms with Crippen molar-refractivity contribution in [2.45, 2.75) is 13.1 Å². The molecule has 1 unspecified atom stereocenters.